The van der Waals surface area contributed by atoms with Crippen LogP contribution in [0.1, 0.15) is 64.4 Å². The highest BCUT2D eigenvalue weighted by Crippen LogP contribution is 2.33. The Morgan fingerprint density at radius 2 is 1.67 bits per heavy atom. The molecule has 0 aliphatic carbocycles. The van der Waals surface area contributed by atoms with Crippen molar-refractivity contribution in [2.24, 2.45) is 4.99 Å². The first-order valence-corrected chi connectivity index (χ1v) is 15.0. The van der Waals surface area contributed by atoms with Crippen LogP contribution in [0.15, 0.2) is 77.8 Å². The molecule has 1 atom stereocenters. The van der Waals surface area contributed by atoms with Crippen LogP contribution in [0.2, 0.25) is 0 Å². The lowest BCUT2D eigenvalue weighted by Crippen LogP contribution is -2.36. The summed E-state index contributed by atoms with van der Waals surface area (Å²) in [7, 11) is 0. The Morgan fingerprint density at radius 3 is 2.36 bits per heavy atom. The number of hydrogen-bond donors (Lipinski definition) is 2. The highest BCUT2D eigenvalue weighted by Gasteiger charge is 2.30. The molecule has 230 valence electrons. The molecule has 10 nitrogen and oxygen atoms in total. The third kappa shape index (κ3) is 6.41. The van der Waals surface area contributed by atoms with Crippen LogP contribution >= 0.6 is 0 Å². The molecular formula is C35H36N6O4. The topological polar surface area (TPSA) is 118 Å². The van der Waals surface area contributed by atoms with Gasteiger partial charge in [-0.1, -0.05) is 12.1 Å². The Bertz CT molecular complexity index is 1780. The predicted octanol–water partition coefficient (Wildman–Crippen LogP) is 5.70. The van der Waals surface area contributed by atoms with E-state index in [0.29, 0.717) is 28.2 Å². The molecule has 0 saturated carbocycles. The maximum absolute atomic E-state index is 13.3. The number of anilines is 3. The van der Waals surface area contributed by atoms with Crippen LogP contribution < -0.4 is 15.5 Å². The van der Waals surface area contributed by atoms with E-state index in [9.17, 15) is 14.4 Å². The van der Waals surface area contributed by atoms with Crippen LogP contribution in [0.3, 0.4) is 0 Å². The predicted molar refractivity (Wildman–Crippen MR) is 175 cm³/mol. The van der Waals surface area contributed by atoms with E-state index < -0.39 is 5.92 Å². The SMILES string of the molecule is Cc1cc(C(=O)Nc2ccc(C(=O)c3ccc4c(c3)NC(=O)C4C=Nc3ccc(N4CCOCC4)cc3)cc2)n(C(C)(C)C)n1. The van der Waals surface area contributed by atoms with Crippen molar-refractivity contribution in [3.05, 3.63) is 101 Å². The van der Waals surface area contributed by atoms with E-state index in [0.717, 1.165) is 48.9 Å². The molecule has 0 spiro atoms. The van der Waals surface area contributed by atoms with Gasteiger partial charge in [0.05, 0.1) is 30.1 Å². The quantitative estimate of drug-likeness (QED) is 0.206. The number of benzene rings is 3. The highest BCUT2D eigenvalue weighted by atomic mass is 16.5. The van der Waals surface area contributed by atoms with Gasteiger partial charge in [0.25, 0.3) is 5.91 Å². The van der Waals surface area contributed by atoms with E-state index >= 15 is 0 Å². The minimum Gasteiger partial charge on any atom is -0.378 e. The summed E-state index contributed by atoms with van der Waals surface area (Å²) in [5, 5.41) is 10.3. The third-order valence-corrected chi connectivity index (χ3v) is 7.89. The van der Waals surface area contributed by atoms with Crippen molar-refractivity contribution in [1.82, 2.24) is 9.78 Å². The molecule has 2 aliphatic rings. The smallest absolute Gasteiger partial charge is 0.273 e. The van der Waals surface area contributed by atoms with Gasteiger partial charge in [-0.15, -0.1) is 0 Å². The van der Waals surface area contributed by atoms with Crippen molar-refractivity contribution in [2.45, 2.75) is 39.2 Å². The first kappa shape index (κ1) is 30.0. The molecule has 3 heterocycles. The number of hydrogen-bond acceptors (Lipinski definition) is 7. The molecule has 1 unspecified atom stereocenters. The number of aryl methyl sites for hydroxylation is 1. The summed E-state index contributed by atoms with van der Waals surface area (Å²) in [6.07, 6.45) is 1.65. The normalized spacial score (nSPS) is 16.5. The molecule has 3 aromatic carbocycles. The highest BCUT2D eigenvalue weighted by molar-refractivity contribution is 6.15. The maximum atomic E-state index is 13.3. The Kier molecular flexibility index (Phi) is 8.07. The fourth-order valence-electron chi connectivity index (χ4n) is 5.55. The van der Waals surface area contributed by atoms with Crippen molar-refractivity contribution in [1.29, 1.82) is 0 Å². The second-order valence-electron chi connectivity index (χ2n) is 12.3. The van der Waals surface area contributed by atoms with Gasteiger partial charge < -0.3 is 20.3 Å². The van der Waals surface area contributed by atoms with Crippen LogP contribution in [-0.2, 0) is 15.1 Å². The van der Waals surface area contributed by atoms with E-state index in [2.05, 4.69) is 25.6 Å². The molecule has 2 aliphatic heterocycles. The second kappa shape index (κ2) is 12.1. The first-order chi connectivity index (χ1) is 21.6. The summed E-state index contributed by atoms with van der Waals surface area (Å²) in [6, 6.07) is 21.7. The number of carbonyl (C=O) groups is 3. The zero-order valence-corrected chi connectivity index (χ0v) is 25.8. The molecule has 1 fully saturated rings. The molecule has 2 N–H and O–H groups in total. The number of nitrogens with one attached hydrogen (secondary N) is 2. The lowest BCUT2D eigenvalue weighted by atomic mass is 9.97. The zero-order valence-electron chi connectivity index (χ0n) is 25.8. The van der Waals surface area contributed by atoms with Crippen molar-refractivity contribution in [3.8, 4) is 0 Å². The number of ether oxygens (including phenoxy) is 1. The van der Waals surface area contributed by atoms with Crippen LogP contribution in [0, 0.1) is 6.92 Å². The number of fused-ring (bicyclic) bond motifs is 1. The van der Waals surface area contributed by atoms with Gasteiger partial charge in [0.1, 0.15) is 11.6 Å². The Balaban J connectivity index is 1.12. The van der Waals surface area contributed by atoms with Gasteiger partial charge in [0, 0.05) is 47.5 Å². The number of amides is 2. The fraction of sp³-hybridized carbons (Fsp3) is 0.286. The molecule has 45 heavy (non-hydrogen) atoms. The standard InChI is InChI=1S/C35H36N6O4/c1-22-19-31(41(39-22)35(2,3)4)34(44)37-26-8-5-23(6-9-26)32(42)24-7-14-28-29(33(43)38-30(28)20-24)21-36-25-10-12-27(13-11-25)40-15-17-45-18-16-40/h5-14,19-21,29H,15-18H2,1-4H3,(H,37,44)(H,38,43). The summed E-state index contributed by atoms with van der Waals surface area (Å²) in [5.74, 6) is -1.21. The van der Waals surface area contributed by atoms with Crippen LogP contribution in [0.4, 0.5) is 22.7 Å². The summed E-state index contributed by atoms with van der Waals surface area (Å²) in [4.78, 5) is 46.0. The number of aliphatic imine (C=N–C) groups is 1. The Hall–Kier alpha value is -5.09. The lowest BCUT2D eigenvalue weighted by molar-refractivity contribution is -0.115. The molecule has 0 bridgehead atoms. The molecule has 10 heteroatoms. The van der Waals surface area contributed by atoms with Crippen molar-refractivity contribution >= 4 is 46.6 Å². The van der Waals surface area contributed by atoms with Crippen molar-refractivity contribution in [2.75, 3.05) is 41.8 Å². The van der Waals surface area contributed by atoms with Gasteiger partial charge in [-0.2, -0.15) is 5.10 Å². The largest absolute Gasteiger partial charge is 0.378 e. The number of rotatable bonds is 7. The van der Waals surface area contributed by atoms with Crippen molar-refractivity contribution in [3.63, 3.8) is 0 Å². The average molecular weight is 605 g/mol. The summed E-state index contributed by atoms with van der Waals surface area (Å²) >= 11 is 0. The minimum absolute atomic E-state index is 0.189. The molecule has 0 radical (unpaired) electrons. The van der Waals surface area contributed by atoms with Gasteiger partial charge >= 0.3 is 0 Å². The van der Waals surface area contributed by atoms with Crippen LogP contribution in [-0.4, -0.2) is 59.9 Å². The van der Waals surface area contributed by atoms with Crippen LogP contribution in [0.5, 0.6) is 0 Å². The third-order valence-electron chi connectivity index (χ3n) is 7.89. The zero-order chi connectivity index (χ0) is 31.7. The molecule has 2 amide bonds. The number of aromatic nitrogens is 2. The number of ketones is 1. The maximum Gasteiger partial charge on any atom is 0.273 e. The van der Waals surface area contributed by atoms with Crippen LogP contribution in [0.25, 0.3) is 0 Å². The summed E-state index contributed by atoms with van der Waals surface area (Å²) < 4.78 is 7.14. The molecule has 6 rings (SSSR count). The number of carbonyl (C=O) groups excluding carboxylic acids is 3. The van der Waals surface area contributed by atoms with Gasteiger partial charge in [-0.05, 0) is 93.9 Å². The number of morpholine rings is 1. The van der Waals surface area contributed by atoms with E-state index in [1.165, 1.54) is 0 Å². The van der Waals surface area contributed by atoms with Crippen molar-refractivity contribution < 1.29 is 19.1 Å². The Labute approximate surface area is 262 Å². The monoisotopic (exact) mass is 604 g/mol. The summed E-state index contributed by atoms with van der Waals surface area (Å²) in [6.45, 7) is 11.0. The van der Waals surface area contributed by atoms with E-state index in [-0.39, 0.29) is 23.1 Å². The lowest BCUT2D eigenvalue weighted by Gasteiger charge is -2.28. The number of nitrogens with zero attached hydrogens (tertiary/aromatic N) is 4. The second-order valence-corrected chi connectivity index (χ2v) is 12.3. The first-order valence-electron chi connectivity index (χ1n) is 15.0. The van der Waals surface area contributed by atoms with Gasteiger partial charge in [0.2, 0.25) is 5.91 Å². The molecule has 1 saturated heterocycles. The molecular weight excluding hydrogens is 568 g/mol. The van der Waals surface area contributed by atoms with Gasteiger partial charge in [-0.25, -0.2) is 0 Å². The fourth-order valence-corrected chi connectivity index (χ4v) is 5.55. The average Bonchev–Trinajstić information content (AvgIpc) is 3.59. The molecule has 4 aromatic rings. The van der Waals surface area contributed by atoms with E-state index in [4.69, 9.17) is 4.74 Å². The Morgan fingerprint density at radius 1 is 0.978 bits per heavy atom. The van der Waals surface area contributed by atoms with Gasteiger partial charge in [-0.3, -0.25) is 24.1 Å². The minimum atomic E-state index is -0.552. The van der Waals surface area contributed by atoms with Gasteiger partial charge in [0.15, 0.2) is 5.78 Å². The van der Waals surface area contributed by atoms with E-state index in [1.54, 1.807) is 59.4 Å². The molecule has 1 aromatic heterocycles. The summed E-state index contributed by atoms with van der Waals surface area (Å²) in [5.41, 5.74) is 5.60. The van der Waals surface area contributed by atoms with E-state index in [1.807, 2.05) is 52.0 Å².